The van der Waals surface area contributed by atoms with Crippen molar-refractivity contribution in [1.29, 1.82) is 0 Å². The van der Waals surface area contributed by atoms with Crippen molar-refractivity contribution < 1.29 is 14.3 Å². The number of H-pyrrole nitrogens is 1. The fourth-order valence-corrected chi connectivity index (χ4v) is 5.39. The van der Waals surface area contributed by atoms with E-state index >= 15 is 0 Å². The molecule has 0 unspecified atom stereocenters. The van der Waals surface area contributed by atoms with Crippen molar-refractivity contribution in [2.45, 2.75) is 19.4 Å². The first-order valence-corrected chi connectivity index (χ1v) is 12.9. The number of hydrogen-bond acceptors (Lipinski definition) is 7. The average Bonchev–Trinajstić information content (AvgIpc) is 3.30. The van der Waals surface area contributed by atoms with Crippen molar-refractivity contribution in [3.63, 3.8) is 0 Å². The van der Waals surface area contributed by atoms with Crippen molar-refractivity contribution in [3.8, 4) is 11.5 Å². The highest BCUT2D eigenvalue weighted by atomic mass is 35.5. The van der Waals surface area contributed by atoms with E-state index in [1.165, 1.54) is 0 Å². The number of anilines is 1. The van der Waals surface area contributed by atoms with Crippen LogP contribution in [-0.2, 0) is 4.74 Å². The number of aromatic amines is 1. The van der Waals surface area contributed by atoms with Gasteiger partial charge in [-0.25, -0.2) is 9.98 Å². The lowest BCUT2D eigenvalue weighted by Gasteiger charge is -2.36. The molecule has 0 radical (unpaired) electrons. The summed E-state index contributed by atoms with van der Waals surface area (Å²) < 4.78 is 11.4. The molecule has 1 aliphatic heterocycles. The van der Waals surface area contributed by atoms with E-state index in [9.17, 15) is 4.79 Å². The van der Waals surface area contributed by atoms with Gasteiger partial charge < -0.3 is 19.8 Å². The third kappa shape index (κ3) is 4.48. The Hall–Kier alpha value is -3.33. The molecular formula is C27H25ClN4O3S. The highest BCUT2D eigenvalue weighted by molar-refractivity contribution is 8.14. The summed E-state index contributed by atoms with van der Waals surface area (Å²) in [6, 6.07) is 14.5. The number of hydrogen-bond donors (Lipinski definition) is 2. The van der Waals surface area contributed by atoms with Crippen LogP contribution in [0.2, 0.25) is 5.02 Å². The Bertz CT molecular complexity index is 1470. The van der Waals surface area contributed by atoms with Crippen LogP contribution < -0.4 is 10.1 Å². The number of fused-ring (bicyclic) bond motifs is 3. The number of ketones is 1. The molecule has 0 saturated carbocycles. The smallest absolute Gasteiger partial charge is 0.196 e. The van der Waals surface area contributed by atoms with Crippen molar-refractivity contribution >= 4 is 56.6 Å². The first-order chi connectivity index (χ1) is 17.4. The Kier molecular flexibility index (Phi) is 6.75. The van der Waals surface area contributed by atoms with Gasteiger partial charge in [0.2, 0.25) is 0 Å². The Morgan fingerprint density at radius 1 is 1.14 bits per heavy atom. The third-order valence-corrected chi connectivity index (χ3v) is 7.32. The van der Waals surface area contributed by atoms with E-state index in [1.54, 1.807) is 49.5 Å². The fraction of sp³-hybridized carbons (Fsp3) is 0.222. The molecule has 0 amide bonds. The normalized spacial score (nSPS) is 16.8. The minimum Gasteiger partial charge on any atom is -0.457 e. The van der Waals surface area contributed by atoms with Crippen LogP contribution in [0.1, 0.15) is 29.8 Å². The van der Waals surface area contributed by atoms with Crippen molar-refractivity contribution in [1.82, 2.24) is 9.97 Å². The van der Waals surface area contributed by atoms with Crippen molar-refractivity contribution in [3.05, 3.63) is 77.1 Å². The molecule has 2 aromatic heterocycles. The lowest BCUT2D eigenvalue weighted by Crippen LogP contribution is -2.47. The molecule has 2 N–H and O–H groups in total. The van der Waals surface area contributed by atoms with Gasteiger partial charge in [-0.2, -0.15) is 0 Å². The number of aromatic nitrogens is 2. The number of ether oxygens (including phenoxy) is 2. The molecule has 0 saturated heterocycles. The second-order valence-electron chi connectivity index (χ2n) is 8.57. The summed E-state index contributed by atoms with van der Waals surface area (Å²) in [5.74, 6) is 1.89. The zero-order chi connectivity index (χ0) is 25.3. The molecule has 36 heavy (non-hydrogen) atoms. The van der Waals surface area contributed by atoms with E-state index in [4.69, 9.17) is 26.1 Å². The molecule has 0 aliphatic carbocycles. The van der Waals surface area contributed by atoms with Crippen LogP contribution >= 0.6 is 23.4 Å². The van der Waals surface area contributed by atoms with Gasteiger partial charge in [0.15, 0.2) is 5.78 Å². The summed E-state index contributed by atoms with van der Waals surface area (Å²) in [6.07, 6.45) is 3.38. The fourth-order valence-electron chi connectivity index (χ4n) is 4.27. The molecule has 1 aliphatic rings. The monoisotopic (exact) mass is 520 g/mol. The molecule has 3 heterocycles. The number of nitrogens with zero attached hydrogens (tertiary/aromatic N) is 2. The van der Waals surface area contributed by atoms with Gasteiger partial charge in [-0.1, -0.05) is 36.7 Å². The van der Waals surface area contributed by atoms with E-state index in [-0.39, 0.29) is 5.78 Å². The van der Waals surface area contributed by atoms with E-state index in [0.29, 0.717) is 51.0 Å². The van der Waals surface area contributed by atoms with Crippen LogP contribution in [0.4, 0.5) is 11.4 Å². The lowest BCUT2D eigenvalue weighted by molar-refractivity contribution is 0.104. The van der Waals surface area contributed by atoms with Gasteiger partial charge >= 0.3 is 0 Å². The molecule has 4 aromatic rings. The van der Waals surface area contributed by atoms with Crippen molar-refractivity contribution in [2.24, 2.45) is 4.99 Å². The van der Waals surface area contributed by atoms with Crippen LogP contribution in [0.15, 0.2) is 65.9 Å². The van der Waals surface area contributed by atoms with Crippen LogP contribution in [0.25, 0.3) is 11.0 Å². The summed E-state index contributed by atoms with van der Waals surface area (Å²) in [5, 5.41) is 5.49. The van der Waals surface area contributed by atoms with Crippen LogP contribution in [0.3, 0.4) is 0 Å². The SMILES string of the molecule is CCSC1=Nc2cnc3[nH]cc(C(=O)c4ccc(Oc5ccccc5)cc4Cl)c3c2N[C@@]1(C)COC. The Labute approximate surface area is 218 Å². The molecule has 184 valence electrons. The van der Waals surface area contributed by atoms with Gasteiger partial charge in [-0.05, 0) is 36.9 Å². The standard InChI is InChI=1S/C27H25ClN4O3S/c1-4-36-26-27(2,15-34-3)32-23-21(31-26)14-30-25-22(23)19(13-29-25)24(33)18-11-10-17(12-20(18)28)35-16-8-6-5-7-9-16/h5-14,32H,4,15H2,1-3H3,(H,29,30)/t27-/m0/s1. The first kappa shape index (κ1) is 24.4. The molecule has 0 spiro atoms. The molecule has 7 nitrogen and oxygen atoms in total. The number of nitrogens with one attached hydrogen (secondary N) is 2. The predicted molar refractivity (Wildman–Crippen MR) is 147 cm³/mol. The second kappa shape index (κ2) is 9.97. The number of para-hydroxylation sites is 1. The van der Waals surface area contributed by atoms with Crippen LogP contribution in [0, 0.1) is 0 Å². The summed E-state index contributed by atoms with van der Waals surface area (Å²) in [5.41, 5.74) is 2.30. The lowest BCUT2D eigenvalue weighted by atomic mass is 9.98. The Morgan fingerprint density at radius 3 is 2.67 bits per heavy atom. The summed E-state index contributed by atoms with van der Waals surface area (Å²) in [7, 11) is 1.66. The zero-order valence-electron chi connectivity index (χ0n) is 20.1. The number of pyridine rings is 1. The Morgan fingerprint density at radius 2 is 1.94 bits per heavy atom. The van der Waals surface area contributed by atoms with Gasteiger partial charge in [0, 0.05) is 24.9 Å². The molecule has 2 aromatic carbocycles. The molecular weight excluding hydrogens is 496 g/mol. The predicted octanol–water partition coefficient (Wildman–Crippen LogP) is 6.85. The minimum atomic E-state index is -0.539. The van der Waals surface area contributed by atoms with E-state index in [0.717, 1.165) is 16.5 Å². The highest BCUT2D eigenvalue weighted by Crippen LogP contribution is 2.42. The molecule has 0 bridgehead atoms. The van der Waals surface area contributed by atoms with Gasteiger partial charge in [0.25, 0.3) is 0 Å². The van der Waals surface area contributed by atoms with Crippen molar-refractivity contribution in [2.75, 3.05) is 24.8 Å². The number of thioether (sulfide) groups is 1. The number of aliphatic imine (C=N–C) groups is 1. The van der Waals surface area contributed by atoms with Crippen LogP contribution in [-0.4, -0.2) is 45.8 Å². The number of carbonyl (C=O) groups is 1. The number of methoxy groups -OCH3 is 1. The van der Waals surface area contributed by atoms with Gasteiger partial charge in [-0.15, -0.1) is 11.8 Å². The summed E-state index contributed by atoms with van der Waals surface area (Å²) in [6.45, 7) is 4.55. The van der Waals surface area contributed by atoms with Crippen LogP contribution in [0.5, 0.6) is 11.5 Å². The molecule has 5 rings (SSSR count). The van der Waals surface area contributed by atoms with E-state index in [1.807, 2.05) is 37.3 Å². The first-order valence-electron chi connectivity index (χ1n) is 11.5. The quantitative estimate of drug-likeness (QED) is 0.259. The zero-order valence-corrected chi connectivity index (χ0v) is 21.7. The van der Waals surface area contributed by atoms with E-state index in [2.05, 4.69) is 22.2 Å². The molecule has 0 fully saturated rings. The number of benzene rings is 2. The Balaban J connectivity index is 1.54. The van der Waals surface area contributed by atoms with Gasteiger partial charge in [0.1, 0.15) is 33.4 Å². The topological polar surface area (TPSA) is 88.6 Å². The number of halogens is 1. The minimum absolute atomic E-state index is 0.222. The maximum absolute atomic E-state index is 13.7. The molecule has 1 atom stereocenters. The number of rotatable bonds is 7. The largest absolute Gasteiger partial charge is 0.457 e. The van der Waals surface area contributed by atoms with Gasteiger partial charge in [0.05, 0.1) is 34.5 Å². The maximum atomic E-state index is 13.7. The number of carbonyl (C=O) groups excluding carboxylic acids is 1. The second-order valence-corrected chi connectivity index (χ2v) is 10.2. The average molecular weight is 521 g/mol. The summed E-state index contributed by atoms with van der Waals surface area (Å²) >= 11 is 8.22. The third-order valence-electron chi connectivity index (χ3n) is 5.90. The van der Waals surface area contributed by atoms with Gasteiger partial charge in [-0.3, -0.25) is 4.79 Å². The molecule has 9 heteroatoms. The maximum Gasteiger partial charge on any atom is 0.196 e. The summed E-state index contributed by atoms with van der Waals surface area (Å²) in [4.78, 5) is 26.2. The highest BCUT2D eigenvalue weighted by Gasteiger charge is 2.37. The van der Waals surface area contributed by atoms with E-state index < -0.39 is 5.54 Å².